The Morgan fingerprint density at radius 1 is 0.426 bits per heavy atom. The molecule has 0 aliphatic heterocycles. The fourth-order valence-electron chi connectivity index (χ4n) is 9.36. The van der Waals surface area contributed by atoms with Crippen LogP contribution in [0.15, 0.2) is 84.9 Å². The number of aliphatic hydroxyl groups is 1. The Hall–Kier alpha value is -6.05. The van der Waals surface area contributed by atoms with Crippen LogP contribution in [0.25, 0.3) is 0 Å². The minimum atomic E-state index is -0.647. The highest BCUT2D eigenvalue weighted by Crippen LogP contribution is 2.49. The second kappa shape index (κ2) is 17.5. The quantitative estimate of drug-likeness (QED) is 0.156. The molecule has 0 saturated heterocycles. The van der Waals surface area contributed by atoms with Crippen molar-refractivity contribution in [2.24, 2.45) is 0 Å². The minimum absolute atomic E-state index is 0.0170. The zero-order valence-corrected chi connectivity index (χ0v) is 37.6. The summed E-state index contributed by atoms with van der Waals surface area (Å²) in [6.45, 7) is 14.6. The lowest BCUT2D eigenvalue weighted by molar-refractivity contribution is 0.103. The predicted octanol–water partition coefficient (Wildman–Crippen LogP) is 11.3. The Bertz CT molecular complexity index is 2650. The van der Waals surface area contributed by atoms with Crippen molar-refractivity contribution in [3.63, 3.8) is 0 Å². The van der Waals surface area contributed by atoms with Crippen LogP contribution in [0.5, 0.6) is 28.7 Å². The van der Waals surface area contributed by atoms with Crippen LogP contribution in [0.4, 0.5) is 0 Å². The standard InChI is InChI=1S/C27H28O4.C27H30O3/c1-15-7-18(11-19(8-15)29-4)12-22-21-9-16(2)17(3)10-23(21)27(28)24-13-20(30-5)14-25(31-6)26(22)24;1-15-7-19(13-20(8-15)29-5)14-22-21-11-17(3)18(4)12-23(21)27(28)24-9-16(2)10-25(30-6)26(22)24/h7-11,13-14,22H,12H2,1-6H3;7-13,22,27-28H,14H2,1-6H3. The molecule has 0 amide bonds. The van der Waals surface area contributed by atoms with Crippen molar-refractivity contribution in [3.8, 4) is 28.7 Å². The Morgan fingerprint density at radius 2 is 0.885 bits per heavy atom. The van der Waals surface area contributed by atoms with Gasteiger partial charge in [0, 0.05) is 40.2 Å². The number of aryl methyl sites for hydroxylation is 7. The van der Waals surface area contributed by atoms with Gasteiger partial charge in [0.05, 0.1) is 35.5 Å². The lowest BCUT2D eigenvalue weighted by atomic mass is 9.72. The normalized spacial score (nSPS) is 16.0. The number of aliphatic hydroxyl groups excluding tert-OH is 1. The van der Waals surface area contributed by atoms with Gasteiger partial charge < -0.3 is 28.8 Å². The van der Waals surface area contributed by atoms with E-state index in [1.54, 1.807) is 35.5 Å². The number of rotatable bonds is 9. The number of ether oxygens (including phenoxy) is 5. The van der Waals surface area contributed by atoms with Crippen LogP contribution in [-0.2, 0) is 12.8 Å². The fourth-order valence-corrected chi connectivity index (χ4v) is 9.36. The van der Waals surface area contributed by atoms with E-state index in [0.717, 1.165) is 85.7 Å². The Kier molecular flexibility index (Phi) is 12.4. The maximum absolute atomic E-state index is 13.5. The van der Waals surface area contributed by atoms with Crippen molar-refractivity contribution in [2.75, 3.05) is 35.5 Å². The number of benzene rings is 6. The number of methoxy groups -OCH3 is 5. The zero-order valence-electron chi connectivity index (χ0n) is 37.6. The fraction of sp³-hybridized carbons (Fsp3) is 0.315. The van der Waals surface area contributed by atoms with E-state index in [0.29, 0.717) is 17.1 Å². The second-order valence-electron chi connectivity index (χ2n) is 16.8. The van der Waals surface area contributed by atoms with Gasteiger partial charge in [0.2, 0.25) is 0 Å². The van der Waals surface area contributed by atoms with Crippen LogP contribution >= 0.6 is 0 Å². The summed E-state index contributed by atoms with van der Waals surface area (Å²) in [5.41, 5.74) is 18.1. The SMILES string of the molecule is COc1cc(C)cc(CC2c3cc(C)c(C)cc3C(=O)c3cc(OC)cc(OC)c32)c1.COc1cc(C)cc(CC2c3cc(C)c(C)cc3C(O)c3cc(C)cc(OC)c32)c1. The zero-order chi connectivity index (χ0) is 43.9. The minimum Gasteiger partial charge on any atom is -0.497 e. The van der Waals surface area contributed by atoms with Gasteiger partial charge in [0.25, 0.3) is 0 Å². The predicted molar refractivity (Wildman–Crippen MR) is 243 cm³/mol. The van der Waals surface area contributed by atoms with Gasteiger partial charge in [-0.15, -0.1) is 0 Å². The molecule has 1 N–H and O–H groups in total. The lowest BCUT2D eigenvalue weighted by Crippen LogP contribution is -2.22. The summed E-state index contributed by atoms with van der Waals surface area (Å²) < 4.78 is 28.0. The largest absolute Gasteiger partial charge is 0.497 e. The lowest BCUT2D eigenvalue weighted by Gasteiger charge is -2.34. The molecule has 6 aromatic carbocycles. The maximum Gasteiger partial charge on any atom is 0.193 e. The van der Waals surface area contributed by atoms with Crippen molar-refractivity contribution in [2.45, 2.75) is 79.2 Å². The molecule has 0 radical (unpaired) electrons. The van der Waals surface area contributed by atoms with Gasteiger partial charge in [-0.05, 0) is 176 Å². The summed E-state index contributed by atoms with van der Waals surface area (Å²) in [6.07, 6.45) is 0.898. The highest BCUT2D eigenvalue weighted by molar-refractivity contribution is 6.13. The topological polar surface area (TPSA) is 83.5 Å². The first kappa shape index (κ1) is 43.1. The molecule has 0 spiro atoms. The van der Waals surface area contributed by atoms with E-state index < -0.39 is 6.10 Å². The van der Waals surface area contributed by atoms with Gasteiger partial charge in [0.1, 0.15) is 34.9 Å². The van der Waals surface area contributed by atoms with Gasteiger partial charge in [-0.3, -0.25) is 4.79 Å². The van der Waals surface area contributed by atoms with Crippen molar-refractivity contribution >= 4 is 5.78 Å². The average Bonchev–Trinajstić information content (AvgIpc) is 3.24. The van der Waals surface area contributed by atoms with Crippen LogP contribution in [0.3, 0.4) is 0 Å². The summed E-state index contributed by atoms with van der Waals surface area (Å²) in [4.78, 5) is 13.5. The van der Waals surface area contributed by atoms with Gasteiger partial charge >= 0.3 is 0 Å². The number of fused-ring (bicyclic) bond motifs is 4. The Balaban J connectivity index is 0.000000184. The van der Waals surface area contributed by atoms with Crippen molar-refractivity contribution in [3.05, 3.63) is 180 Å². The second-order valence-corrected chi connectivity index (χ2v) is 16.8. The molecule has 0 heterocycles. The summed E-state index contributed by atoms with van der Waals surface area (Å²) in [7, 11) is 8.35. The number of ketones is 1. The van der Waals surface area contributed by atoms with E-state index in [-0.39, 0.29) is 17.6 Å². The number of hydrogen-bond donors (Lipinski definition) is 1. The van der Waals surface area contributed by atoms with E-state index in [4.69, 9.17) is 23.7 Å². The molecule has 7 heteroatoms. The van der Waals surface area contributed by atoms with E-state index in [1.807, 2.05) is 44.2 Å². The first-order valence-electron chi connectivity index (χ1n) is 20.9. The first-order valence-corrected chi connectivity index (χ1v) is 20.9. The molecule has 2 aliphatic carbocycles. The molecular weight excluding hydrogens is 761 g/mol. The summed E-state index contributed by atoms with van der Waals surface area (Å²) in [5, 5.41) is 11.3. The van der Waals surface area contributed by atoms with Crippen LogP contribution in [-0.4, -0.2) is 46.4 Å². The molecule has 7 nitrogen and oxygen atoms in total. The van der Waals surface area contributed by atoms with E-state index in [2.05, 4.69) is 89.2 Å². The van der Waals surface area contributed by atoms with Crippen molar-refractivity contribution in [1.82, 2.24) is 0 Å². The third kappa shape index (κ3) is 8.36. The molecule has 8 rings (SSSR count). The molecule has 6 aromatic rings. The number of carbonyl (C=O) groups is 1. The molecule has 0 saturated carbocycles. The Labute approximate surface area is 361 Å². The van der Waals surface area contributed by atoms with Crippen LogP contribution in [0.2, 0.25) is 0 Å². The van der Waals surface area contributed by atoms with Gasteiger partial charge in [-0.2, -0.15) is 0 Å². The third-order valence-electron chi connectivity index (χ3n) is 12.6. The molecule has 316 valence electrons. The van der Waals surface area contributed by atoms with Crippen molar-refractivity contribution in [1.29, 1.82) is 0 Å². The van der Waals surface area contributed by atoms with Crippen LogP contribution < -0.4 is 23.7 Å². The molecule has 2 aliphatic rings. The van der Waals surface area contributed by atoms with Crippen molar-refractivity contribution < 1.29 is 33.6 Å². The highest BCUT2D eigenvalue weighted by Gasteiger charge is 2.36. The summed E-state index contributed by atoms with van der Waals surface area (Å²) in [5.74, 6) is 3.94. The molecule has 0 aromatic heterocycles. The van der Waals surface area contributed by atoms with Crippen LogP contribution in [0.1, 0.15) is 117 Å². The number of hydrogen-bond acceptors (Lipinski definition) is 7. The molecule has 0 fully saturated rings. The highest BCUT2D eigenvalue weighted by atomic mass is 16.5. The molecule has 3 atom stereocenters. The van der Waals surface area contributed by atoms with Gasteiger partial charge in [-0.1, -0.05) is 36.4 Å². The summed E-state index contributed by atoms with van der Waals surface area (Å²) >= 11 is 0. The Morgan fingerprint density at radius 3 is 1.43 bits per heavy atom. The average molecular weight is 819 g/mol. The smallest absolute Gasteiger partial charge is 0.193 e. The first-order chi connectivity index (χ1) is 29.2. The molecule has 61 heavy (non-hydrogen) atoms. The molecular formula is C54H58O7. The molecule has 3 unspecified atom stereocenters. The maximum atomic E-state index is 13.5. The third-order valence-corrected chi connectivity index (χ3v) is 12.6. The van der Waals surface area contributed by atoms with E-state index >= 15 is 0 Å². The van der Waals surface area contributed by atoms with Crippen LogP contribution in [0, 0.1) is 48.5 Å². The molecule has 0 bridgehead atoms. The van der Waals surface area contributed by atoms with E-state index in [9.17, 15) is 9.90 Å². The summed E-state index contributed by atoms with van der Waals surface area (Å²) in [6, 6.07) is 29.1. The van der Waals surface area contributed by atoms with Gasteiger partial charge in [-0.25, -0.2) is 0 Å². The monoisotopic (exact) mass is 818 g/mol. The van der Waals surface area contributed by atoms with Gasteiger partial charge in [0.15, 0.2) is 5.78 Å². The number of carbonyl (C=O) groups excluding carboxylic acids is 1. The van der Waals surface area contributed by atoms with E-state index in [1.165, 1.54) is 33.4 Å².